The monoisotopic (exact) mass is 262 g/mol. The van der Waals surface area contributed by atoms with Gasteiger partial charge in [0.2, 0.25) is 0 Å². The van der Waals surface area contributed by atoms with E-state index in [0.717, 1.165) is 24.3 Å². The van der Waals surface area contributed by atoms with Gasteiger partial charge in [0, 0.05) is 29.1 Å². The van der Waals surface area contributed by atoms with E-state index in [-0.39, 0.29) is 6.61 Å². The van der Waals surface area contributed by atoms with E-state index in [1.165, 1.54) is 10.6 Å². The first-order chi connectivity index (χ1) is 8.83. The number of aromatic nitrogens is 2. The molecule has 1 aromatic heterocycles. The van der Waals surface area contributed by atoms with Gasteiger partial charge in [-0.1, -0.05) is 19.1 Å². The largest absolute Gasteiger partial charge is 0.392 e. The molecular formula is C14H18N2OS. The second-order valence-corrected chi connectivity index (χ2v) is 5.22. The summed E-state index contributed by atoms with van der Waals surface area (Å²) in [6.45, 7) is 3.29. The van der Waals surface area contributed by atoms with Crippen molar-refractivity contribution in [1.29, 1.82) is 0 Å². The van der Waals surface area contributed by atoms with Gasteiger partial charge >= 0.3 is 0 Å². The number of benzene rings is 1. The third-order valence-corrected chi connectivity index (χ3v) is 3.76. The van der Waals surface area contributed by atoms with Gasteiger partial charge in [-0.2, -0.15) is 0 Å². The zero-order valence-corrected chi connectivity index (χ0v) is 11.4. The van der Waals surface area contributed by atoms with E-state index in [1.807, 2.05) is 30.7 Å². The quantitative estimate of drug-likeness (QED) is 0.813. The third kappa shape index (κ3) is 3.37. The molecule has 4 heteroatoms. The number of imidazole rings is 1. The standard InChI is InChI=1S/C14H18N2OS/c1-2-6-16-11-15-8-13(16)10-18-14-5-3-4-12(7-14)9-17/h3-5,7-8,11,17H,2,6,9-10H2,1H3. The van der Waals surface area contributed by atoms with Crippen LogP contribution in [0.5, 0.6) is 0 Å². The summed E-state index contributed by atoms with van der Waals surface area (Å²) in [5.74, 6) is 0.912. The third-order valence-electron chi connectivity index (χ3n) is 2.73. The molecular weight excluding hydrogens is 244 g/mol. The summed E-state index contributed by atoms with van der Waals surface area (Å²) in [5, 5.41) is 9.10. The van der Waals surface area contributed by atoms with Gasteiger partial charge in [-0.05, 0) is 24.1 Å². The van der Waals surface area contributed by atoms with Crippen molar-refractivity contribution < 1.29 is 5.11 Å². The molecule has 18 heavy (non-hydrogen) atoms. The molecule has 0 amide bonds. The molecule has 0 aliphatic heterocycles. The van der Waals surface area contributed by atoms with Crippen molar-refractivity contribution in [3.8, 4) is 0 Å². The van der Waals surface area contributed by atoms with Crippen LogP contribution in [0.15, 0.2) is 41.7 Å². The fourth-order valence-corrected chi connectivity index (χ4v) is 2.77. The van der Waals surface area contributed by atoms with E-state index >= 15 is 0 Å². The van der Waals surface area contributed by atoms with Crippen LogP contribution in [-0.2, 0) is 18.9 Å². The second-order valence-electron chi connectivity index (χ2n) is 4.17. The van der Waals surface area contributed by atoms with Crippen molar-refractivity contribution in [3.63, 3.8) is 0 Å². The van der Waals surface area contributed by atoms with Crippen LogP contribution in [0, 0.1) is 0 Å². The Kier molecular flexibility index (Phi) is 4.84. The molecule has 0 bridgehead atoms. The number of aliphatic hydroxyl groups is 1. The van der Waals surface area contributed by atoms with Crippen LogP contribution in [0.2, 0.25) is 0 Å². The summed E-state index contributed by atoms with van der Waals surface area (Å²) in [4.78, 5) is 5.38. The van der Waals surface area contributed by atoms with Crippen molar-refractivity contribution in [2.45, 2.75) is 37.1 Å². The number of hydrogen-bond acceptors (Lipinski definition) is 3. The van der Waals surface area contributed by atoms with Crippen molar-refractivity contribution in [2.75, 3.05) is 0 Å². The topological polar surface area (TPSA) is 38.0 Å². The van der Waals surface area contributed by atoms with Crippen molar-refractivity contribution >= 4 is 11.8 Å². The van der Waals surface area contributed by atoms with Gasteiger partial charge in [0.05, 0.1) is 12.9 Å². The highest BCUT2D eigenvalue weighted by molar-refractivity contribution is 7.98. The predicted octanol–water partition coefficient (Wildman–Crippen LogP) is 3.08. The molecule has 1 aromatic carbocycles. The number of thioether (sulfide) groups is 1. The van der Waals surface area contributed by atoms with Crippen molar-refractivity contribution in [2.24, 2.45) is 0 Å². The smallest absolute Gasteiger partial charge is 0.0948 e. The zero-order valence-electron chi connectivity index (χ0n) is 10.5. The molecule has 0 saturated carbocycles. The fraction of sp³-hybridized carbons (Fsp3) is 0.357. The zero-order chi connectivity index (χ0) is 12.8. The van der Waals surface area contributed by atoms with Crippen LogP contribution >= 0.6 is 11.8 Å². The Morgan fingerprint density at radius 3 is 3.06 bits per heavy atom. The molecule has 3 nitrogen and oxygen atoms in total. The maximum Gasteiger partial charge on any atom is 0.0948 e. The van der Waals surface area contributed by atoms with Crippen LogP contribution in [0.25, 0.3) is 0 Å². The van der Waals surface area contributed by atoms with Crippen LogP contribution in [0.4, 0.5) is 0 Å². The van der Waals surface area contributed by atoms with Gasteiger partial charge < -0.3 is 9.67 Å². The summed E-state index contributed by atoms with van der Waals surface area (Å²) in [6.07, 6.45) is 4.94. The lowest BCUT2D eigenvalue weighted by Crippen LogP contribution is -1.99. The maximum atomic E-state index is 9.10. The summed E-state index contributed by atoms with van der Waals surface area (Å²) in [7, 11) is 0. The number of aliphatic hydroxyl groups excluding tert-OH is 1. The minimum Gasteiger partial charge on any atom is -0.392 e. The van der Waals surface area contributed by atoms with Gasteiger partial charge in [0.15, 0.2) is 0 Å². The van der Waals surface area contributed by atoms with Crippen LogP contribution in [-0.4, -0.2) is 14.7 Å². The molecule has 1 heterocycles. The molecule has 0 saturated heterocycles. The second kappa shape index (κ2) is 6.61. The van der Waals surface area contributed by atoms with Gasteiger partial charge in [0.25, 0.3) is 0 Å². The molecule has 0 fully saturated rings. The lowest BCUT2D eigenvalue weighted by Gasteiger charge is -2.07. The molecule has 0 spiro atoms. The minimum absolute atomic E-state index is 0.0994. The Morgan fingerprint density at radius 2 is 2.28 bits per heavy atom. The van der Waals surface area contributed by atoms with E-state index in [2.05, 4.69) is 22.5 Å². The number of aryl methyl sites for hydroxylation is 1. The highest BCUT2D eigenvalue weighted by Gasteiger charge is 2.03. The Hall–Kier alpha value is -1.26. The highest BCUT2D eigenvalue weighted by Crippen LogP contribution is 2.23. The molecule has 96 valence electrons. The summed E-state index contributed by atoms with van der Waals surface area (Å²) in [6, 6.07) is 8.03. The first kappa shape index (κ1) is 13.2. The van der Waals surface area contributed by atoms with Gasteiger partial charge in [0.1, 0.15) is 0 Å². The Labute approximate surface area is 112 Å². The lowest BCUT2D eigenvalue weighted by molar-refractivity contribution is 0.281. The van der Waals surface area contributed by atoms with Crippen LogP contribution in [0.3, 0.4) is 0 Å². The fourth-order valence-electron chi connectivity index (χ4n) is 1.80. The number of nitrogens with zero attached hydrogens (tertiary/aromatic N) is 2. The van der Waals surface area contributed by atoms with E-state index < -0.39 is 0 Å². The van der Waals surface area contributed by atoms with E-state index in [9.17, 15) is 0 Å². The molecule has 2 aromatic rings. The first-order valence-electron chi connectivity index (χ1n) is 6.15. The highest BCUT2D eigenvalue weighted by atomic mass is 32.2. The van der Waals surface area contributed by atoms with Crippen molar-refractivity contribution in [1.82, 2.24) is 9.55 Å². The van der Waals surface area contributed by atoms with E-state index in [4.69, 9.17) is 5.11 Å². The van der Waals surface area contributed by atoms with Gasteiger partial charge in [-0.15, -0.1) is 11.8 Å². The van der Waals surface area contributed by atoms with Crippen LogP contribution < -0.4 is 0 Å². The lowest BCUT2D eigenvalue weighted by atomic mass is 10.2. The first-order valence-corrected chi connectivity index (χ1v) is 7.13. The average Bonchev–Trinajstić information content (AvgIpc) is 2.85. The van der Waals surface area contributed by atoms with Crippen molar-refractivity contribution in [3.05, 3.63) is 48.0 Å². The summed E-state index contributed by atoms with van der Waals surface area (Å²) < 4.78 is 2.20. The molecule has 0 aliphatic rings. The predicted molar refractivity (Wildman–Crippen MR) is 74.4 cm³/mol. The Morgan fingerprint density at radius 1 is 1.39 bits per heavy atom. The molecule has 1 N–H and O–H groups in total. The summed E-state index contributed by atoms with van der Waals surface area (Å²) in [5.41, 5.74) is 2.21. The maximum absolute atomic E-state index is 9.10. The Balaban J connectivity index is 1.99. The van der Waals surface area contributed by atoms with E-state index in [0.29, 0.717) is 0 Å². The molecule has 0 unspecified atom stereocenters. The SMILES string of the molecule is CCCn1cncc1CSc1cccc(CO)c1. The average molecular weight is 262 g/mol. The molecule has 0 aliphatic carbocycles. The van der Waals surface area contributed by atoms with Gasteiger partial charge in [-0.25, -0.2) is 4.98 Å². The normalized spacial score (nSPS) is 10.8. The minimum atomic E-state index is 0.0994. The number of hydrogen-bond donors (Lipinski definition) is 1. The Bertz CT molecular complexity index is 496. The molecule has 0 atom stereocenters. The molecule has 2 rings (SSSR count). The van der Waals surface area contributed by atoms with Crippen LogP contribution in [0.1, 0.15) is 24.6 Å². The summed E-state index contributed by atoms with van der Waals surface area (Å²) >= 11 is 1.78. The number of rotatable bonds is 6. The van der Waals surface area contributed by atoms with E-state index in [1.54, 1.807) is 11.8 Å². The van der Waals surface area contributed by atoms with Gasteiger partial charge in [-0.3, -0.25) is 0 Å². The molecule has 0 radical (unpaired) electrons.